The zero-order valence-electron chi connectivity index (χ0n) is 10.2. The highest BCUT2D eigenvalue weighted by atomic mass is 16.6. The molecule has 2 N–H and O–H groups in total. The average molecular weight is 260 g/mol. The Labute approximate surface area is 108 Å². The number of aromatic amines is 1. The maximum atomic E-state index is 12.0. The van der Waals surface area contributed by atoms with E-state index >= 15 is 0 Å². The maximum Gasteiger partial charge on any atom is 0.282 e. The van der Waals surface area contributed by atoms with Crippen LogP contribution in [0.2, 0.25) is 0 Å². The van der Waals surface area contributed by atoms with Crippen molar-refractivity contribution in [2.75, 3.05) is 0 Å². The largest absolute Gasteiger partial charge is 0.347 e. The van der Waals surface area contributed by atoms with Crippen molar-refractivity contribution in [3.63, 3.8) is 0 Å². The Morgan fingerprint density at radius 1 is 1.47 bits per heavy atom. The summed E-state index contributed by atoms with van der Waals surface area (Å²) >= 11 is 0. The van der Waals surface area contributed by atoms with Crippen molar-refractivity contribution in [1.82, 2.24) is 15.3 Å². The van der Waals surface area contributed by atoms with Crippen molar-refractivity contribution in [2.24, 2.45) is 0 Å². The number of rotatable bonds is 4. The average Bonchev–Trinajstić information content (AvgIpc) is 2.92. The van der Waals surface area contributed by atoms with Gasteiger partial charge < -0.3 is 10.3 Å². The van der Waals surface area contributed by atoms with Crippen LogP contribution in [0.25, 0.3) is 0 Å². The molecular weight excluding hydrogens is 248 g/mol. The molecule has 1 aromatic carbocycles. The zero-order valence-corrected chi connectivity index (χ0v) is 10.2. The number of imidazole rings is 1. The minimum Gasteiger partial charge on any atom is -0.347 e. The molecule has 0 radical (unpaired) electrons. The number of nitrogens with zero attached hydrogens (tertiary/aromatic N) is 2. The molecule has 0 fully saturated rings. The molecular formula is C12H12N4O3. The SMILES string of the molecule is CC(NC(=O)c1ccccc1[N+](=O)[O-])c1ncc[nH]1. The number of benzene rings is 1. The van der Waals surface area contributed by atoms with E-state index in [2.05, 4.69) is 15.3 Å². The van der Waals surface area contributed by atoms with Crippen molar-refractivity contribution in [2.45, 2.75) is 13.0 Å². The van der Waals surface area contributed by atoms with Gasteiger partial charge in [0.05, 0.1) is 11.0 Å². The van der Waals surface area contributed by atoms with Crippen molar-refractivity contribution >= 4 is 11.6 Å². The number of nitrogens with one attached hydrogen (secondary N) is 2. The lowest BCUT2D eigenvalue weighted by molar-refractivity contribution is -0.385. The quantitative estimate of drug-likeness (QED) is 0.646. The minimum absolute atomic E-state index is 0.0332. The van der Waals surface area contributed by atoms with Crippen LogP contribution in [0.1, 0.15) is 29.1 Å². The molecule has 7 nitrogen and oxygen atoms in total. The normalized spacial score (nSPS) is 11.8. The third-order valence-electron chi connectivity index (χ3n) is 2.62. The van der Waals surface area contributed by atoms with Gasteiger partial charge in [0.15, 0.2) is 0 Å². The molecule has 1 atom stereocenters. The molecule has 0 bridgehead atoms. The maximum absolute atomic E-state index is 12.0. The summed E-state index contributed by atoms with van der Waals surface area (Å²) in [5.74, 6) is 0.0862. The van der Waals surface area contributed by atoms with E-state index in [1.54, 1.807) is 25.4 Å². The van der Waals surface area contributed by atoms with Crippen molar-refractivity contribution in [1.29, 1.82) is 0 Å². The number of hydrogen-bond donors (Lipinski definition) is 2. The summed E-state index contributed by atoms with van der Waals surface area (Å²) in [6.07, 6.45) is 3.21. The predicted octanol–water partition coefficient (Wildman–Crippen LogP) is 1.81. The fraction of sp³-hybridized carbons (Fsp3) is 0.167. The first-order chi connectivity index (χ1) is 9.09. The summed E-state index contributed by atoms with van der Waals surface area (Å²) in [5, 5.41) is 13.5. The number of nitro groups is 1. The van der Waals surface area contributed by atoms with E-state index in [9.17, 15) is 14.9 Å². The van der Waals surface area contributed by atoms with E-state index in [1.165, 1.54) is 18.2 Å². The van der Waals surface area contributed by atoms with Gasteiger partial charge >= 0.3 is 0 Å². The molecule has 0 saturated heterocycles. The van der Waals surface area contributed by atoms with Crippen molar-refractivity contribution in [3.05, 3.63) is 58.2 Å². The highest BCUT2D eigenvalue weighted by Crippen LogP contribution is 2.18. The molecule has 1 aromatic heterocycles. The third-order valence-corrected chi connectivity index (χ3v) is 2.62. The molecule has 0 saturated carbocycles. The van der Waals surface area contributed by atoms with Crippen molar-refractivity contribution in [3.8, 4) is 0 Å². The molecule has 7 heteroatoms. The summed E-state index contributed by atoms with van der Waals surface area (Å²) in [4.78, 5) is 29.2. The van der Waals surface area contributed by atoms with E-state index < -0.39 is 10.8 Å². The molecule has 19 heavy (non-hydrogen) atoms. The fourth-order valence-electron chi connectivity index (χ4n) is 1.68. The lowest BCUT2D eigenvalue weighted by atomic mass is 10.1. The van der Waals surface area contributed by atoms with Gasteiger partial charge in [0.2, 0.25) is 0 Å². The van der Waals surface area contributed by atoms with E-state index in [4.69, 9.17) is 0 Å². The first-order valence-electron chi connectivity index (χ1n) is 5.63. The molecule has 1 amide bonds. The third kappa shape index (κ3) is 2.76. The lowest BCUT2D eigenvalue weighted by Crippen LogP contribution is -2.27. The number of nitro benzene ring substituents is 1. The zero-order chi connectivity index (χ0) is 13.8. The number of hydrogen-bond acceptors (Lipinski definition) is 4. The summed E-state index contributed by atoms with van der Waals surface area (Å²) in [5.41, 5.74) is -0.183. The molecule has 0 aliphatic carbocycles. The molecule has 1 heterocycles. The van der Waals surface area contributed by atoms with Crippen LogP contribution in [0.15, 0.2) is 36.7 Å². The van der Waals surface area contributed by atoms with Crippen LogP contribution in [-0.2, 0) is 0 Å². The summed E-state index contributed by atoms with van der Waals surface area (Å²) in [7, 11) is 0. The van der Waals surface area contributed by atoms with Crippen LogP contribution in [-0.4, -0.2) is 20.8 Å². The Morgan fingerprint density at radius 3 is 2.84 bits per heavy atom. The lowest BCUT2D eigenvalue weighted by Gasteiger charge is -2.11. The number of H-pyrrole nitrogens is 1. The Kier molecular flexibility index (Phi) is 3.56. The Morgan fingerprint density at radius 2 is 2.21 bits per heavy atom. The van der Waals surface area contributed by atoms with E-state index in [1.807, 2.05) is 0 Å². The number of carbonyl (C=O) groups is 1. The highest BCUT2D eigenvalue weighted by molar-refractivity contribution is 5.98. The van der Waals surface area contributed by atoms with Crippen LogP contribution in [0.3, 0.4) is 0 Å². The number of para-hydroxylation sites is 1. The van der Waals surface area contributed by atoms with Gasteiger partial charge in [0.1, 0.15) is 11.4 Å². The highest BCUT2D eigenvalue weighted by Gasteiger charge is 2.21. The Bertz CT molecular complexity index is 595. The summed E-state index contributed by atoms with van der Waals surface area (Å²) in [6, 6.07) is 5.46. The van der Waals surface area contributed by atoms with Gasteiger partial charge in [-0.05, 0) is 13.0 Å². The van der Waals surface area contributed by atoms with Crippen LogP contribution < -0.4 is 5.32 Å². The topological polar surface area (TPSA) is 101 Å². The number of aromatic nitrogens is 2. The molecule has 2 aromatic rings. The van der Waals surface area contributed by atoms with Gasteiger partial charge in [-0.3, -0.25) is 14.9 Å². The smallest absolute Gasteiger partial charge is 0.282 e. The second-order valence-electron chi connectivity index (χ2n) is 3.94. The van der Waals surface area contributed by atoms with E-state index in [0.717, 1.165) is 0 Å². The molecule has 2 rings (SSSR count). The van der Waals surface area contributed by atoms with Gasteiger partial charge in [-0.2, -0.15) is 0 Å². The minimum atomic E-state index is -0.577. The second kappa shape index (κ2) is 5.30. The first-order valence-corrected chi connectivity index (χ1v) is 5.63. The van der Waals surface area contributed by atoms with Crippen molar-refractivity contribution < 1.29 is 9.72 Å². The van der Waals surface area contributed by atoms with Gasteiger partial charge in [0.25, 0.3) is 11.6 Å². The molecule has 0 aliphatic rings. The van der Waals surface area contributed by atoms with Gasteiger partial charge in [-0.25, -0.2) is 4.98 Å². The van der Waals surface area contributed by atoms with Crippen LogP contribution >= 0.6 is 0 Å². The first kappa shape index (κ1) is 12.7. The van der Waals surface area contributed by atoms with Crippen LogP contribution in [0.5, 0.6) is 0 Å². The Hall–Kier alpha value is -2.70. The van der Waals surface area contributed by atoms with Gasteiger partial charge in [-0.15, -0.1) is 0 Å². The van der Waals surface area contributed by atoms with E-state index in [0.29, 0.717) is 5.82 Å². The van der Waals surface area contributed by atoms with Gasteiger partial charge in [-0.1, -0.05) is 12.1 Å². The monoisotopic (exact) mass is 260 g/mol. The standard InChI is InChI=1S/C12H12N4O3/c1-8(11-13-6-7-14-11)15-12(17)9-4-2-3-5-10(9)16(18)19/h2-8H,1H3,(H,13,14)(H,15,17). The van der Waals surface area contributed by atoms with Crippen LogP contribution in [0.4, 0.5) is 5.69 Å². The predicted molar refractivity (Wildman–Crippen MR) is 67.6 cm³/mol. The molecule has 0 spiro atoms. The molecule has 98 valence electrons. The number of amides is 1. The van der Waals surface area contributed by atoms with Gasteiger partial charge in [0, 0.05) is 18.5 Å². The second-order valence-corrected chi connectivity index (χ2v) is 3.94. The van der Waals surface area contributed by atoms with Crippen LogP contribution in [0, 0.1) is 10.1 Å². The fourth-order valence-corrected chi connectivity index (χ4v) is 1.68. The summed E-state index contributed by atoms with van der Waals surface area (Å²) in [6.45, 7) is 1.74. The van der Waals surface area contributed by atoms with E-state index in [-0.39, 0.29) is 17.3 Å². The molecule has 0 aliphatic heterocycles. The Balaban J connectivity index is 2.19. The molecule has 1 unspecified atom stereocenters. The summed E-state index contributed by atoms with van der Waals surface area (Å²) < 4.78 is 0. The number of carbonyl (C=O) groups excluding carboxylic acids is 1.